The van der Waals surface area contributed by atoms with Crippen LogP contribution >= 0.6 is 0 Å². The Bertz CT molecular complexity index is 990. The molecule has 2 rings (SSSR count). The highest BCUT2D eigenvalue weighted by atomic mass is 32.2. The number of rotatable bonds is 12. The van der Waals surface area contributed by atoms with Gasteiger partial charge in [-0.3, -0.25) is 4.18 Å². The monoisotopic (exact) mass is 455 g/mol. The summed E-state index contributed by atoms with van der Waals surface area (Å²) in [7, 11) is -7.32. The van der Waals surface area contributed by atoms with Gasteiger partial charge in [-0.05, 0) is 44.4 Å². The van der Waals surface area contributed by atoms with E-state index in [0.717, 1.165) is 17.4 Å². The van der Waals surface area contributed by atoms with Gasteiger partial charge in [-0.1, -0.05) is 48.0 Å². The predicted octanol–water partition coefficient (Wildman–Crippen LogP) is 3.00. The largest absolute Gasteiger partial charge is 0.374 e. The van der Waals surface area contributed by atoms with Crippen molar-refractivity contribution < 1.29 is 25.8 Å². The molecule has 0 spiro atoms. The van der Waals surface area contributed by atoms with E-state index in [1.54, 1.807) is 31.2 Å². The van der Waals surface area contributed by atoms with E-state index < -0.39 is 32.3 Å². The Hall–Kier alpha value is -1.78. The van der Waals surface area contributed by atoms with Gasteiger partial charge >= 0.3 is 0 Å². The van der Waals surface area contributed by atoms with Crippen LogP contribution in [0.25, 0.3) is 0 Å². The first-order chi connectivity index (χ1) is 14.0. The summed E-state index contributed by atoms with van der Waals surface area (Å²) in [6, 6.07) is 15.7. The third-order valence-corrected chi connectivity index (χ3v) is 6.56. The van der Waals surface area contributed by atoms with E-state index >= 15 is 0 Å². The van der Waals surface area contributed by atoms with E-state index in [2.05, 4.69) is 4.72 Å². The van der Waals surface area contributed by atoms with Crippen molar-refractivity contribution in [3.63, 3.8) is 0 Å². The van der Waals surface area contributed by atoms with Crippen LogP contribution in [0, 0.1) is 6.92 Å². The van der Waals surface area contributed by atoms with E-state index in [4.69, 9.17) is 8.92 Å². The van der Waals surface area contributed by atoms with Gasteiger partial charge < -0.3 is 4.74 Å². The molecule has 0 bridgehead atoms. The minimum atomic E-state index is -3.67. The highest BCUT2D eigenvalue weighted by molar-refractivity contribution is 7.89. The SMILES string of the molecule is Cc1ccc(S(=O)(=O)N[C@@H](C)CC[C@H](COCc2ccccc2)OS(C)(=O)=O)cc1. The third kappa shape index (κ3) is 8.93. The molecule has 0 saturated carbocycles. The molecule has 0 amide bonds. The molecule has 30 heavy (non-hydrogen) atoms. The molecule has 2 aromatic carbocycles. The number of benzene rings is 2. The van der Waals surface area contributed by atoms with Gasteiger partial charge in [-0.2, -0.15) is 8.42 Å². The molecule has 0 saturated heterocycles. The van der Waals surface area contributed by atoms with Gasteiger partial charge in [0, 0.05) is 6.04 Å². The van der Waals surface area contributed by atoms with Crippen molar-refractivity contribution >= 4 is 20.1 Å². The summed E-state index contributed by atoms with van der Waals surface area (Å²) in [4.78, 5) is 0.190. The Morgan fingerprint density at radius 2 is 1.57 bits per heavy atom. The van der Waals surface area contributed by atoms with Gasteiger partial charge in [-0.15, -0.1) is 0 Å². The van der Waals surface area contributed by atoms with Crippen LogP contribution < -0.4 is 4.72 Å². The lowest BCUT2D eigenvalue weighted by Gasteiger charge is -2.20. The normalized spacial score (nSPS) is 14.4. The number of hydrogen-bond acceptors (Lipinski definition) is 6. The maximum absolute atomic E-state index is 12.5. The Kier molecular flexibility index (Phi) is 8.99. The fraction of sp³-hybridized carbons (Fsp3) is 0.429. The van der Waals surface area contributed by atoms with E-state index in [-0.39, 0.29) is 11.5 Å². The van der Waals surface area contributed by atoms with Crippen LogP contribution in [0.15, 0.2) is 59.5 Å². The smallest absolute Gasteiger partial charge is 0.264 e. The Balaban J connectivity index is 1.90. The lowest BCUT2D eigenvalue weighted by Crippen LogP contribution is -2.34. The summed E-state index contributed by atoms with van der Waals surface area (Å²) < 4.78 is 61.5. The van der Waals surface area contributed by atoms with E-state index in [1.807, 2.05) is 37.3 Å². The van der Waals surface area contributed by atoms with Gasteiger partial charge in [0.25, 0.3) is 10.1 Å². The maximum atomic E-state index is 12.5. The molecule has 0 radical (unpaired) electrons. The van der Waals surface area contributed by atoms with Gasteiger partial charge in [0.2, 0.25) is 10.0 Å². The Labute approximate surface area is 179 Å². The summed E-state index contributed by atoms with van der Waals surface area (Å²) in [5.41, 5.74) is 1.94. The molecule has 2 atom stereocenters. The van der Waals surface area contributed by atoms with Gasteiger partial charge in [0.1, 0.15) is 6.10 Å². The fourth-order valence-electron chi connectivity index (χ4n) is 2.83. The molecule has 0 heterocycles. The number of sulfonamides is 1. The lowest BCUT2D eigenvalue weighted by atomic mass is 10.1. The summed E-state index contributed by atoms with van der Waals surface area (Å²) in [5, 5.41) is 0. The highest BCUT2D eigenvalue weighted by Crippen LogP contribution is 2.14. The van der Waals surface area contributed by atoms with Crippen LogP contribution in [0.3, 0.4) is 0 Å². The number of ether oxygens (including phenoxy) is 1. The Morgan fingerprint density at radius 1 is 0.933 bits per heavy atom. The first-order valence-corrected chi connectivity index (χ1v) is 12.9. The van der Waals surface area contributed by atoms with Crippen LogP contribution in [0.5, 0.6) is 0 Å². The molecule has 0 fully saturated rings. The van der Waals surface area contributed by atoms with Crippen LogP contribution in [0.2, 0.25) is 0 Å². The van der Waals surface area contributed by atoms with Crippen molar-refractivity contribution in [3.8, 4) is 0 Å². The molecule has 1 N–H and O–H groups in total. The first-order valence-electron chi connectivity index (χ1n) is 9.64. The minimum Gasteiger partial charge on any atom is -0.374 e. The zero-order chi connectivity index (χ0) is 22.2. The van der Waals surface area contributed by atoms with Crippen molar-refractivity contribution in [2.45, 2.75) is 50.3 Å². The minimum absolute atomic E-state index is 0.0827. The predicted molar refractivity (Wildman–Crippen MR) is 116 cm³/mol. The number of nitrogens with one attached hydrogen (secondary N) is 1. The topological polar surface area (TPSA) is 98.8 Å². The second-order valence-electron chi connectivity index (χ2n) is 7.34. The molecule has 9 heteroatoms. The quantitative estimate of drug-likeness (QED) is 0.494. The van der Waals surface area contributed by atoms with Crippen LogP contribution in [0.4, 0.5) is 0 Å². The van der Waals surface area contributed by atoms with Crippen molar-refractivity contribution in [1.82, 2.24) is 4.72 Å². The Morgan fingerprint density at radius 3 is 2.17 bits per heavy atom. The summed E-state index contributed by atoms with van der Waals surface area (Å²) in [6.45, 7) is 4.03. The summed E-state index contributed by atoms with van der Waals surface area (Å²) in [6.07, 6.45) is 0.996. The maximum Gasteiger partial charge on any atom is 0.264 e. The first kappa shape index (κ1) is 24.5. The second kappa shape index (κ2) is 11.0. The number of aryl methyl sites for hydroxylation is 1. The molecule has 0 aromatic heterocycles. The van der Waals surface area contributed by atoms with Crippen molar-refractivity contribution in [3.05, 3.63) is 65.7 Å². The van der Waals surface area contributed by atoms with E-state index in [9.17, 15) is 16.8 Å². The summed E-state index contributed by atoms with van der Waals surface area (Å²) in [5.74, 6) is 0. The average Bonchev–Trinajstić information content (AvgIpc) is 2.66. The van der Waals surface area contributed by atoms with Crippen LogP contribution in [0.1, 0.15) is 30.9 Å². The highest BCUT2D eigenvalue weighted by Gasteiger charge is 2.21. The van der Waals surface area contributed by atoms with Crippen molar-refractivity contribution in [2.75, 3.05) is 12.9 Å². The molecule has 2 aromatic rings. The van der Waals surface area contributed by atoms with Gasteiger partial charge in [-0.25, -0.2) is 13.1 Å². The molecule has 7 nitrogen and oxygen atoms in total. The van der Waals surface area contributed by atoms with Crippen molar-refractivity contribution in [1.29, 1.82) is 0 Å². The van der Waals surface area contributed by atoms with E-state index in [1.165, 1.54) is 0 Å². The molecule has 0 aliphatic carbocycles. The standard InChI is InChI=1S/C21H29NO6S2/c1-17-9-13-21(14-10-17)30(25,26)22-18(2)11-12-20(28-29(3,23)24)16-27-15-19-7-5-4-6-8-19/h4-10,13-14,18,20,22H,11-12,15-16H2,1-3H3/t18-,20+/m0/s1. The van der Waals surface area contributed by atoms with Crippen LogP contribution in [-0.2, 0) is 35.7 Å². The van der Waals surface area contributed by atoms with Gasteiger partial charge in [0.05, 0.1) is 24.4 Å². The fourth-order valence-corrected chi connectivity index (χ4v) is 4.76. The third-order valence-electron chi connectivity index (χ3n) is 4.34. The number of hydrogen-bond donors (Lipinski definition) is 1. The second-order valence-corrected chi connectivity index (χ2v) is 10.7. The van der Waals surface area contributed by atoms with Gasteiger partial charge in [0.15, 0.2) is 0 Å². The molecular weight excluding hydrogens is 426 g/mol. The van der Waals surface area contributed by atoms with Crippen LogP contribution in [-0.4, -0.2) is 41.8 Å². The van der Waals surface area contributed by atoms with E-state index in [0.29, 0.717) is 19.4 Å². The molecule has 0 aliphatic heterocycles. The summed E-state index contributed by atoms with van der Waals surface area (Å²) >= 11 is 0. The lowest BCUT2D eigenvalue weighted by molar-refractivity contribution is 0.0392. The molecule has 0 unspecified atom stereocenters. The molecule has 0 aliphatic rings. The zero-order valence-electron chi connectivity index (χ0n) is 17.4. The molecular formula is C21H29NO6S2. The van der Waals surface area contributed by atoms with Crippen molar-refractivity contribution in [2.24, 2.45) is 0 Å². The average molecular weight is 456 g/mol. The zero-order valence-corrected chi connectivity index (χ0v) is 19.1. The molecule has 166 valence electrons.